The second kappa shape index (κ2) is 9.68. The number of aliphatic carboxylic acids is 1. The van der Waals surface area contributed by atoms with Gasteiger partial charge in [0.05, 0.1) is 21.8 Å². The Labute approximate surface area is 206 Å². The zero-order chi connectivity index (χ0) is 24.3. The lowest BCUT2D eigenvalue weighted by Gasteiger charge is -2.32. The SMILES string of the molecule is N#Cc1ccc2nc(Nc3ccc(-c4cnc(OCC5(C(=O)O)CCCCC5)nc4)cc3)sc2c1. The highest BCUT2D eigenvalue weighted by molar-refractivity contribution is 7.22. The van der Waals surface area contributed by atoms with Crippen molar-refractivity contribution in [3.8, 4) is 23.2 Å². The molecule has 176 valence electrons. The maximum Gasteiger partial charge on any atom is 0.316 e. The molecule has 1 aliphatic rings. The summed E-state index contributed by atoms with van der Waals surface area (Å²) < 4.78 is 6.65. The second-order valence-electron chi connectivity index (χ2n) is 8.70. The first-order valence-electron chi connectivity index (χ1n) is 11.4. The molecule has 9 heteroatoms. The Balaban J connectivity index is 1.23. The van der Waals surface area contributed by atoms with E-state index in [-0.39, 0.29) is 12.6 Å². The summed E-state index contributed by atoms with van der Waals surface area (Å²) in [6.45, 7) is 0.0889. The molecular formula is C26H23N5O3S. The van der Waals surface area contributed by atoms with Gasteiger partial charge in [0.15, 0.2) is 5.13 Å². The van der Waals surface area contributed by atoms with E-state index in [2.05, 4.69) is 26.3 Å². The molecule has 0 bridgehead atoms. The van der Waals surface area contributed by atoms with Crippen LogP contribution in [-0.2, 0) is 4.79 Å². The third kappa shape index (κ3) is 4.93. The fraction of sp³-hybridized carbons (Fsp3) is 0.269. The molecule has 0 spiro atoms. The molecule has 8 nitrogen and oxygen atoms in total. The van der Waals surface area contributed by atoms with Crippen molar-refractivity contribution in [3.05, 3.63) is 60.4 Å². The maximum absolute atomic E-state index is 11.8. The molecular weight excluding hydrogens is 462 g/mol. The summed E-state index contributed by atoms with van der Waals surface area (Å²) in [5, 5.41) is 22.8. The van der Waals surface area contributed by atoms with Crippen LogP contribution in [0.1, 0.15) is 37.7 Å². The summed E-state index contributed by atoms with van der Waals surface area (Å²) in [5.41, 5.74) is 3.29. The standard InChI is InChI=1S/C26H23N5O3S/c27-13-17-4-9-21-22(12-17)35-25(31-21)30-20-7-5-18(6-8-20)19-14-28-24(29-15-19)34-16-26(23(32)33)10-2-1-3-11-26/h4-9,12,14-15H,1-3,10-11,16H2,(H,30,31)(H,32,33). The summed E-state index contributed by atoms with van der Waals surface area (Å²) in [5.74, 6) is -0.805. The van der Waals surface area contributed by atoms with Crippen LogP contribution >= 0.6 is 11.3 Å². The first-order valence-corrected chi connectivity index (χ1v) is 12.2. The average molecular weight is 486 g/mol. The van der Waals surface area contributed by atoms with Crippen LogP contribution in [-0.4, -0.2) is 32.6 Å². The van der Waals surface area contributed by atoms with E-state index in [0.29, 0.717) is 18.4 Å². The molecule has 0 saturated heterocycles. The number of carbonyl (C=O) groups is 1. The monoisotopic (exact) mass is 485 g/mol. The Bertz CT molecular complexity index is 1390. The molecule has 0 aliphatic heterocycles. The molecule has 2 N–H and O–H groups in total. The number of anilines is 2. The molecule has 0 amide bonds. The van der Waals surface area contributed by atoms with E-state index in [1.807, 2.05) is 36.4 Å². The van der Waals surface area contributed by atoms with Gasteiger partial charge in [-0.15, -0.1) is 0 Å². The van der Waals surface area contributed by atoms with Crippen LogP contribution < -0.4 is 10.1 Å². The van der Waals surface area contributed by atoms with Crippen molar-refractivity contribution in [2.75, 3.05) is 11.9 Å². The van der Waals surface area contributed by atoms with Crippen molar-refractivity contribution in [1.29, 1.82) is 5.26 Å². The van der Waals surface area contributed by atoms with Gasteiger partial charge in [0.25, 0.3) is 0 Å². The van der Waals surface area contributed by atoms with Gasteiger partial charge in [-0.3, -0.25) is 4.79 Å². The van der Waals surface area contributed by atoms with Crippen LogP contribution in [0.25, 0.3) is 21.3 Å². The normalized spacial score (nSPS) is 14.8. The van der Waals surface area contributed by atoms with E-state index in [1.165, 1.54) is 11.3 Å². The Kier molecular flexibility index (Phi) is 6.29. The van der Waals surface area contributed by atoms with Gasteiger partial charge in [0.2, 0.25) is 0 Å². The number of carboxylic acids is 1. The van der Waals surface area contributed by atoms with E-state index < -0.39 is 11.4 Å². The smallest absolute Gasteiger partial charge is 0.316 e. The summed E-state index contributed by atoms with van der Waals surface area (Å²) >= 11 is 1.50. The Morgan fingerprint density at radius 1 is 1.09 bits per heavy atom. The van der Waals surface area contributed by atoms with E-state index in [9.17, 15) is 9.90 Å². The number of carboxylic acid groups (broad SMARTS) is 1. The predicted molar refractivity (Wildman–Crippen MR) is 134 cm³/mol. The number of nitriles is 1. The number of hydrogen-bond acceptors (Lipinski definition) is 8. The topological polar surface area (TPSA) is 121 Å². The summed E-state index contributed by atoms with van der Waals surface area (Å²) in [6, 6.07) is 15.6. The molecule has 2 aromatic carbocycles. The lowest BCUT2D eigenvalue weighted by molar-refractivity contribution is -0.153. The molecule has 0 radical (unpaired) electrons. The number of benzene rings is 2. The number of thiazole rings is 1. The fourth-order valence-electron chi connectivity index (χ4n) is 4.31. The molecule has 0 unspecified atom stereocenters. The second-order valence-corrected chi connectivity index (χ2v) is 9.74. The summed E-state index contributed by atoms with van der Waals surface area (Å²) in [4.78, 5) is 24.9. The first-order chi connectivity index (χ1) is 17.0. The third-order valence-corrected chi connectivity index (χ3v) is 7.29. The number of nitrogens with one attached hydrogen (secondary N) is 1. The van der Waals surface area contributed by atoms with Crippen molar-refractivity contribution >= 4 is 38.3 Å². The molecule has 1 fully saturated rings. The zero-order valence-electron chi connectivity index (χ0n) is 18.9. The number of nitrogens with zero attached hydrogens (tertiary/aromatic N) is 4. The van der Waals surface area contributed by atoms with Gasteiger partial charge in [-0.25, -0.2) is 15.0 Å². The summed E-state index contributed by atoms with van der Waals surface area (Å²) in [7, 11) is 0. The van der Waals surface area contributed by atoms with Crippen LogP contribution in [0.4, 0.5) is 10.8 Å². The Morgan fingerprint density at radius 3 is 2.51 bits per heavy atom. The van der Waals surface area contributed by atoms with Crippen LogP contribution in [0.3, 0.4) is 0 Å². The average Bonchev–Trinajstić information content (AvgIpc) is 3.30. The Hall–Kier alpha value is -4.03. The van der Waals surface area contributed by atoms with Gasteiger partial charge in [-0.05, 0) is 48.7 Å². The zero-order valence-corrected chi connectivity index (χ0v) is 19.7. The first kappa shape index (κ1) is 22.7. The molecule has 2 aromatic heterocycles. The van der Waals surface area contributed by atoms with Crippen LogP contribution in [0, 0.1) is 16.7 Å². The minimum absolute atomic E-state index is 0.0889. The van der Waals surface area contributed by atoms with Crippen molar-refractivity contribution in [1.82, 2.24) is 15.0 Å². The van der Waals surface area contributed by atoms with Crippen molar-refractivity contribution in [3.63, 3.8) is 0 Å². The van der Waals surface area contributed by atoms with Crippen LogP contribution in [0.15, 0.2) is 54.9 Å². The largest absolute Gasteiger partial charge is 0.481 e. The van der Waals surface area contributed by atoms with E-state index in [1.54, 1.807) is 18.5 Å². The van der Waals surface area contributed by atoms with Crippen LogP contribution in [0.2, 0.25) is 0 Å². The molecule has 1 aliphatic carbocycles. The third-order valence-electron chi connectivity index (χ3n) is 6.36. The van der Waals surface area contributed by atoms with Gasteiger partial charge < -0.3 is 15.2 Å². The van der Waals surface area contributed by atoms with Gasteiger partial charge in [0, 0.05) is 23.6 Å². The van der Waals surface area contributed by atoms with Crippen molar-refractivity contribution in [2.24, 2.45) is 5.41 Å². The van der Waals surface area contributed by atoms with Crippen LogP contribution in [0.5, 0.6) is 6.01 Å². The van der Waals surface area contributed by atoms with E-state index in [0.717, 1.165) is 51.4 Å². The van der Waals surface area contributed by atoms with Crippen molar-refractivity contribution < 1.29 is 14.6 Å². The molecule has 4 aromatic rings. The highest BCUT2D eigenvalue weighted by atomic mass is 32.1. The highest BCUT2D eigenvalue weighted by Crippen LogP contribution is 2.37. The Morgan fingerprint density at radius 2 is 1.83 bits per heavy atom. The van der Waals surface area contributed by atoms with Gasteiger partial charge in [-0.2, -0.15) is 5.26 Å². The number of fused-ring (bicyclic) bond motifs is 1. The molecule has 2 heterocycles. The van der Waals surface area contributed by atoms with Gasteiger partial charge in [0.1, 0.15) is 12.0 Å². The molecule has 5 rings (SSSR count). The number of rotatable bonds is 7. The van der Waals surface area contributed by atoms with Gasteiger partial charge in [-0.1, -0.05) is 42.7 Å². The van der Waals surface area contributed by atoms with Gasteiger partial charge >= 0.3 is 12.0 Å². The lowest BCUT2D eigenvalue weighted by Crippen LogP contribution is -2.39. The molecule has 0 atom stereocenters. The minimum Gasteiger partial charge on any atom is -0.481 e. The number of hydrogen-bond donors (Lipinski definition) is 2. The lowest BCUT2D eigenvalue weighted by atomic mass is 9.75. The number of ether oxygens (including phenoxy) is 1. The molecule has 35 heavy (non-hydrogen) atoms. The highest BCUT2D eigenvalue weighted by Gasteiger charge is 2.40. The van der Waals surface area contributed by atoms with E-state index >= 15 is 0 Å². The van der Waals surface area contributed by atoms with E-state index in [4.69, 9.17) is 10.00 Å². The predicted octanol–water partition coefficient (Wildman–Crippen LogP) is 5.78. The number of aromatic nitrogens is 3. The molecule has 1 saturated carbocycles. The minimum atomic E-state index is -0.843. The summed E-state index contributed by atoms with van der Waals surface area (Å²) in [6.07, 6.45) is 7.48. The van der Waals surface area contributed by atoms with Crippen molar-refractivity contribution in [2.45, 2.75) is 32.1 Å². The fourth-order valence-corrected chi connectivity index (χ4v) is 5.23. The maximum atomic E-state index is 11.8. The quantitative estimate of drug-likeness (QED) is 0.338.